The number of thioether (sulfide) groups is 1. The highest BCUT2D eigenvalue weighted by molar-refractivity contribution is 7.99. The Morgan fingerprint density at radius 2 is 2.29 bits per heavy atom. The van der Waals surface area contributed by atoms with E-state index in [2.05, 4.69) is 6.92 Å². The maximum absolute atomic E-state index is 10.3. The van der Waals surface area contributed by atoms with Crippen LogP contribution in [0.25, 0.3) is 0 Å². The third-order valence-electron chi connectivity index (χ3n) is 3.81. The van der Waals surface area contributed by atoms with Gasteiger partial charge in [0.1, 0.15) is 0 Å². The van der Waals surface area contributed by atoms with E-state index >= 15 is 0 Å². The summed E-state index contributed by atoms with van der Waals surface area (Å²) in [5.74, 6) is 2.14. The number of rotatable bonds is 2. The van der Waals surface area contributed by atoms with Crippen molar-refractivity contribution in [2.24, 2.45) is 17.6 Å². The first-order valence-corrected chi connectivity index (χ1v) is 6.72. The molecule has 2 aliphatic rings. The smallest absolute Gasteiger partial charge is 0.0653 e. The summed E-state index contributed by atoms with van der Waals surface area (Å²) in [6.45, 7) is 2.27. The molecule has 3 N–H and O–H groups in total. The van der Waals surface area contributed by atoms with Crippen molar-refractivity contribution in [2.45, 2.75) is 49.9 Å². The summed E-state index contributed by atoms with van der Waals surface area (Å²) < 4.78 is 0. The van der Waals surface area contributed by atoms with Crippen molar-refractivity contribution in [1.29, 1.82) is 0 Å². The average molecular weight is 215 g/mol. The van der Waals surface area contributed by atoms with Crippen LogP contribution in [0, 0.1) is 11.8 Å². The molecule has 0 aromatic carbocycles. The van der Waals surface area contributed by atoms with Gasteiger partial charge in [-0.05, 0) is 43.9 Å². The van der Waals surface area contributed by atoms with Crippen LogP contribution in [-0.4, -0.2) is 21.8 Å². The van der Waals surface area contributed by atoms with Crippen LogP contribution in [0.4, 0.5) is 0 Å². The van der Waals surface area contributed by atoms with E-state index in [4.69, 9.17) is 5.73 Å². The lowest BCUT2D eigenvalue weighted by molar-refractivity contribution is -0.0617. The standard InChI is InChI=1S/C11H21NOS/c1-8-4-9-6-11(13,5-8)3-2-10(9)14-7-12/h8-10,13H,2-7,12H2,1H3. The molecule has 0 heterocycles. The van der Waals surface area contributed by atoms with E-state index in [-0.39, 0.29) is 5.60 Å². The molecule has 14 heavy (non-hydrogen) atoms. The van der Waals surface area contributed by atoms with Crippen molar-refractivity contribution < 1.29 is 5.11 Å². The number of fused-ring (bicyclic) bond motifs is 2. The maximum atomic E-state index is 10.3. The first kappa shape index (κ1) is 10.8. The van der Waals surface area contributed by atoms with Gasteiger partial charge in [0.05, 0.1) is 5.60 Å². The fourth-order valence-corrected chi connectivity index (χ4v) is 4.39. The Balaban J connectivity index is 2.03. The molecular formula is C11H21NOS. The molecule has 2 aliphatic carbocycles. The topological polar surface area (TPSA) is 46.2 Å². The van der Waals surface area contributed by atoms with Crippen molar-refractivity contribution in [1.82, 2.24) is 0 Å². The Bertz CT molecular complexity index is 211. The normalized spacial score (nSPS) is 47.8. The summed E-state index contributed by atoms with van der Waals surface area (Å²) in [7, 11) is 0. The van der Waals surface area contributed by atoms with E-state index in [1.165, 1.54) is 6.42 Å². The highest BCUT2D eigenvalue weighted by Gasteiger charge is 2.44. The molecule has 2 nitrogen and oxygen atoms in total. The first-order valence-electron chi connectivity index (χ1n) is 5.67. The summed E-state index contributed by atoms with van der Waals surface area (Å²) in [4.78, 5) is 0. The van der Waals surface area contributed by atoms with E-state index < -0.39 is 0 Å². The molecule has 3 heteroatoms. The fourth-order valence-electron chi connectivity index (χ4n) is 3.38. The van der Waals surface area contributed by atoms with Crippen molar-refractivity contribution in [3.05, 3.63) is 0 Å². The van der Waals surface area contributed by atoms with Crippen LogP contribution < -0.4 is 5.73 Å². The van der Waals surface area contributed by atoms with Crippen LogP contribution in [0.15, 0.2) is 0 Å². The quantitative estimate of drug-likeness (QED) is 0.692. The van der Waals surface area contributed by atoms with Crippen LogP contribution in [0.1, 0.15) is 39.0 Å². The molecule has 2 bridgehead atoms. The van der Waals surface area contributed by atoms with Gasteiger partial charge in [0.2, 0.25) is 0 Å². The van der Waals surface area contributed by atoms with Gasteiger partial charge in [0.15, 0.2) is 0 Å². The highest BCUT2D eigenvalue weighted by Crippen LogP contribution is 2.48. The minimum absolute atomic E-state index is 0.325. The molecule has 2 saturated carbocycles. The second-order valence-electron chi connectivity index (χ2n) is 5.14. The number of aliphatic hydroxyl groups is 1. The van der Waals surface area contributed by atoms with Gasteiger partial charge in [-0.2, -0.15) is 0 Å². The molecule has 0 spiro atoms. The molecule has 0 radical (unpaired) electrons. The first-order chi connectivity index (χ1) is 6.63. The second-order valence-corrected chi connectivity index (χ2v) is 6.42. The van der Waals surface area contributed by atoms with Gasteiger partial charge in [-0.1, -0.05) is 6.92 Å². The minimum atomic E-state index is -0.325. The summed E-state index contributed by atoms with van der Waals surface area (Å²) in [6, 6.07) is 0. The van der Waals surface area contributed by atoms with E-state index in [0.29, 0.717) is 17.1 Å². The number of hydrogen-bond donors (Lipinski definition) is 2. The molecular weight excluding hydrogens is 194 g/mol. The number of nitrogens with two attached hydrogens (primary N) is 1. The molecule has 0 saturated heterocycles. The molecule has 2 fully saturated rings. The third kappa shape index (κ3) is 2.10. The lowest BCUT2D eigenvalue weighted by Gasteiger charge is -2.47. The van der Waals surface area contributed by atoms with E-state index in [1.807, 2.05) is 11.8 Å². The van der Waals surface area contributed by atoms with E-state index in [1.54, 1.807) is 0 Å². The monoisotopic (exact) mass is 215 g/mol. The van der Waals surface area contributed by atoms with E-state index in [9.17, 15) is 5.11 Å². The van der Waals surface area contributed by atoms with Gasteiger partial charge in [-0.25, -0.2) is 0 Å². The lowest BCUT2D eigenvalue weighted by atomic mass is 9.65. The SMILES string of the molecule is CC1CC2CC(O)(CCC2SCN)C1. The number of hydrogen-bond acceptors (Lipinski definition) is 3. The zero-order chi connectivity index (χ0) is 10.2. The van der Waals surface area contributed by atoms with Crippen LogP contribution >= 0.6 is 11.8 Å². The molecule has 0 aromatic heterocycles. The Hall–Kier alpha value is 0.270. The van der Waals surface area contributed by atoms with Crippen molar-refractivity contribution in [3.8, 4) is 0 Å². The molecule has 4 atom stereocenters. The van der Waals surface area contributed by atoms with Crippen molar-refractivity contribution >= 4 is 11.8 Å². The van der Waals surface area contributed by atoms with Gasteiger partial charge in [0.25, 0.3) is 0 Å². The summed E-state index contributed by atoms with van der Waals surface area (Å²) in [5, 5.41) is 11.0. The zero-order valence-corrected chi connectivity index (χ0v) is 9.72. The van der Waals surface area contributed by atoms with Crippen LogP contribution in [-0.2, 0) is 0 Å². The predicted molar refractivity (Wildman–Crippen MR) is 61.1 cm³/mol. The molecule has 0 aliphatic heterocycles. The molecule has 0 amide bonds. The van der Waals surface area contributed by atoms with Gasteiger partial charge in [-0.15, -0.1) is 11.8 Å². The fraction of sp³-hybridized carbons (Fsp3) is 1.00. The molecule has 4 unspecified atom stereocenters. The summed E-state index contributed by atoms with van der Waals surface area (Å²) >= 11 is 1.89. The van der Waals surface area contributed by atoms with Crippen molar-refractivity contribution in [2.75, 3.05) is 5.88 Å². The predicted octanol–water partition coefficient (Wildman–Crippen LogP) is 1.97. The molecule has 0 aromatic rings. The van der Waals surface area contributed by atoms with Gasteiger partial charge >= 0.3 is 0 Å². The van der Waals surface area contributed by atoms with Gasteiger partial charge in [0, 0.05) is 11.1 Å². The van der Waals surface area contributed by atoms with Crippen LogP contribution in [0.2, 0.25) is 0 Å². The highest BCUT2D eigenvalue weighted by atomic mass is 32.2. The van der Waals surface area contributed by atoms with E-state index in [0.717, 1.165) is 31.6 Å². The van der Waals surface area contributed by atoms with Gasteiger partial charge in [-0.3, -0.25) is 0 Å². The Labute approximate surface area is 90.6 Å². The molecule has 2 rings (SSSR count). The molecule has 82 valence electrons. The van der Waals surface area contributed by atoms with Crippen LogP contribution in [0.3, 0.4) is 0 Å². The third-order valence-corrected chi connectivity index (χ3v) is 5.05. The van der Waals surface area contributed by atoms with Crippen molar-refractivity contribution in [3.63, 3.8) is 0 Å². The van der Waals surface area contributed by atoms with Gasteiger partial charge < -0.3 is 10.8 Å². The lowest BCUT2D eigenvalue weighted by Crippen LogP contribution is -2.46. The largest absolute Gasteiger partial charge is 0.390 e. The second kappa shape index (κ2) is 4.03. The Morgan fingerprint density at radius 1 is 1.50 bits per heavy atom. The zero-order valence-electron chi connectivity index (χ0n) is 8.91. The summed E-state index contributed by atoms with van der Waals surface area (Å²) in [5.41, 5.74) is 5.27. The Morgan fingerprint density at radius 3 is 3.00 bits per heavy atom. The minimum Gasteiger partial charge on any atom is -0.390 e. The Kier molecular flexibility index (Phi) is 3.10. The maximum Gasteiger partial charge on any atom is 0.0653 e. The average Bonchev–Trinajstić information content (AvgIpc) is 2.09. The van der Waals surface area contributed by atoms with Crippen LogP contribution in [0.5, 0.6) is 0 Å². The summed E-state index contributed by atoms with van der Waals surface area (Å²) in [6.07, 6.45) is 5.49.